The second-order valence-electron chi connectivity index (χ2n) is 7.05. The van der Waals surface area contributed by atoms with Crippen LogP contribution in [0.1, 0.15) is 33.5 Å². The number of benzene rings is 2. The van der Waals surface area contributed by atoms with E-state index in [0.29, 0.717) is 17.2 Å². The smallest absolute Gasteiger partial charge is 0.267 e. The first-order chi connectivity index (χ1) is 13.4. The number of nitrogens with one attached hydrogen (secondary N) is 1. The minimum absolute atomic E-state index is 0.247. The molecule has 3 rings (SSSR count). The predicted molar refractivity (Wildman–Crippen MR) is 111 cm³/mol. The summed E-state index contributed by atoms with van der Waals surface area (Å²) in [6.07, 6.45) is 0.865. The maximum Gasteiger partial charge on any atom is 0.267 e. The summed E-state index contributed by atoms with van der Waals surface area (Å²) in [5.74, 6) is 1.90. The molecule has 0 aliphatic carbocycles. The molecule has 0 fully saturated rings. The van der Waals surface area contributed by atoms with E-state index < -0.39 is 5.60 Å². The van der Waals surface area contributed by atoms with Crippen molar-refractivity contribution in [1.29, 1.82) is 0 Å². The number of para-hydroxylation sites is 2. The van der Waals surface area contributed by atoms with Gasteiger partial charge in [0.1, 0.15) is 5.82 Å². The molecular weight excluding hydrogens is 354 g/mol. The Labute approximate surface area is 165 Å². The summed E-state index contributed by atoms with van der Waals surface area (Å²) in [5.41, 5.74) is 1.56. The summed E-state index contributed by atoms with van der Waals surface area (Å²) in [5, 5.41) is 2.94. The van der Waals surface area contributed by atoms with Gasteiger partial charge < -0.3 is 19.4 Å². The normalized spacial score (nSPS) is 11.5. The number of aryl methyl sites for hydroxylation is 2. The van der Waals surface area contributed by atoms with Gasteiger partial charge in [0.2, 0.25) is 0 Å². The molecule has 0 aliphatic heterocycles. The molecule has 0 atom stereocenters. The second kappa shape index (κ2) is 7.92. The van der Waals surface area contributed by atoms with Crippen LogP contribution >= 0.6 is 0 Å². The Morgan fingerprint density at radius 3 is 2.50 bits per heavy atom. The first-order valence-electron chi connectivity index (χ1n) is 9.52. The average molecular weight is 381 g/mol. The fourth-order valence-corrected chi connectivity index (χ4v) is 3.19. The molecule has 0 saturated heterocycles. The Hall–Kier alpha value is -3.02. The van der Waals surface area contributed by atoms with E-state index in [2.05, 4.69) is 28.7 Å². The largest absolute Gasteiger partial charge is 0.493 e. The number of aromatic nitrogens is 2. The number of hydrogen-bond donors (Lipinski definition) is 1. The lowest BCUT2D eigenvalue weighted by Crippen LogP contribution is -2.42. The van der Waals surface area contributed by atoms with Gasteiger partial charge in [-0.3, -0.25) is 4.79 Å². The van der Waals surface area contributed by atoms with E-state index in [1.165, 1.54) is 0 Å². The fourth-order valence-electron chi connectivity index (χ4n) is 3.19. The van der Waals surface area contributed by atoms with Crippen molar-refractivity contribution in [3.05, 3.63) is 48.3 Å². The number of carbonyl (C=O) groups excluding carboxylic acids is 1. The highest BCUT2D eigenvalue weighted by Crippen LogP contribution is 2.30. The van der Waals surface area contributed by atoms with Gasteiger partial charge in [0, 0.05) is 18.7 Å². The molecule has 28 heavy (non-hydrogen) atoms. The van der Waals surface area contributed by atoms with Crippen molar-refractivity contribution in [2.75, 3.05) is 12.4 Å². The van der Waals surface area contributed by atoms with Crippen molar-refractivity contribution < 1.29 is 14.3 Å². The van der Waals surface area contributed by atoms with Crippen molar-refractivity contribution >= 4 is 22.6 Å². The number of imidazole rings is 1. The van der Waals surface area contributed by atoms with E-state index in [1.54, 1.807) is 33.1 Å². The van der Waals surface area contributed by atoms with Crippen LogP contribution in [-0.2, 0) is 17.8 Å². The van der Waals surface area contributed by atoms with Gasteiger partial charge in [0.05, 0.1) is 18.1 Å². The fraction of sp³-hybridized carbons (Fsp3) is 0.364. The standard InChI is InChI=1S/C22H27N3O3/c1-6-20-24-16-14-15(12-13-17(16)25(20)7-2)23-21(26)22(3,4)28-19-11-9-8-10-18(19)27-5/h8-14H,6-7H2,1-5H3,(H,23,26). The van der Waals surface area contributed by atoms with Crippen LogP contribution in [0.15, 0.2) is 42.5 Å². The van der Waals surface area contributed by atoms with Gasteiger partial charge in [-0.1, -0.05) is 19.1 Å². The lowest BCUT2D eigenvalue weighted by molar-refractivity contribution is -0.128. The molecule has 6 nitrogen and oxygen atoms in total. The van der Waals surface area contributed by atoms with E-state index in [-0.39, 0.29) is 5.91 Å². The van der Waals surface area contributed by atoms with Crippen molar-refractivity contribution in [3.63, 3.8) is 0 Å². The number of fused-ring (bicyclic) bond motifs is 1. The molecule has 1 amide bonds. The van der Waals surface area contributed by atoms with Gasteiger partial charge in [-0.25, -0.2) is 4.98 Å². The zero-order valence-corrected chi connectivity index (χ0v) is 17.1. The molecule has 3 aromatic rings. The maximum atomic E-state index is 12.9. The topological polar surface area (TPSA) is 65.4 Å². The minimum atomic E-state index is -1.08. The molecule has 1 N–H and O–H groups in total. The maximum absolute atomic E-state index is 12.9. The average Bonchev–Trinajstić information content (AvgIpc) is 3.05. The van der Waals surface area contributed by atoms with E-state index >= 15 is 0 Å². The summed E-state index contributed by atoms with van der Waals surface area (Å²) in [6.45, 7) is 8.52. The Morgan fingerprint density at radius 1 is 1.14 bits per heavy atom. The van der Waals surface area contributed by atoms with Crippen LogP contribution in [0.5, 0.6) is 11.5 Å². The summed E-state index contributed by atoms with van der Waals surface area (Å²) in [6, 6.07) is 13.1. The quantitative estimate of drug-likeness (QED) is 0.658. The van der Waals surface area contributed by atoms with Crippen molar-refractivity contribution in [2.24, 2.45) is 0 Å². The number of carbonyl (C=O) groups is 1. The number of nitrogens with zero attached hydrogens (tertiary/aromatic N) is 2. The van der Waals surface area contributed by atoms with Crippen LogP contribution in [-0.4, -0.2) is 28.2 Å². The van der Waals surface area contributed by atoms with Crippen molar-refractivity contribution in [2.45, 2.75) is 46.3 Å². The molecule has 148 valence electrons. The second-order valence-corrected chi connectivity index (χ2v) is 7.05. The number of anilines is 1. The van der Waals surface area contributed by atoms with Gasteiger partial charge in [-0.15, -0.1) is 0 Å². The third-order valence-corrected chi connectivity index (χ3v) is 4.70. The molecule has 2 aromatic carbocycles. The highest BCUT2D eigenvalue weighted by atomic mass is 16.5. The van der Waals surface area contributed by atoms with Crippen LogP contribution in [0.2, 0.25) is 0 Å². The molecular formula is C22H27N3O3. The number of ether oxygens (including phenoxy) is 2. The molecule has 0 aliphatic rings. The zero-order chi connectivity index (χ0) is 20.3. The molecule has 0 bridgehead atoms. The lowest BCUT2D eigenvalue weighted by atomic mass is 10.1. The number of rotatable bonds is 7. The van der Waals surface area contributed by atoms with E-state index in [4.69, 9.17) is 9.47 Å². The Bertz CT molecular complexity index is 992. The number of methoxy groups -OCH3 is 1. The Morgan fingerprint density at radius 2 is 1.86 bits per heavy atom. The summed E-state index contributed by atoms with van der Waals surface area (Å²) in [7, 11) is 1.57. The molecule has 1 aromatic heterocycles. The minimum Gasteiger partial charge on any atom is -0.493 e. The van der Waals surface area contributed by atoms with Crippen LogP contribution in [0, 0.1) is 0 Å². The third kappa shape index (κ3) is 3.81. The highest BCUT2D eigenvalue weighted by Gasteiger charge is 2.31. The van der Waals surface area contributed by atoms with Gasteiger partial charge in [-0.2, -0.15) is 0 Å². The van der Waals surface area contributed by atoms with Gasteiger partial charge >= 0.3 is 0 Å². The monoisotopic (exact) mass is 381 g/mol. The molecule has 0 saturated carbocycles. The van der Waals surface area contributed by atoms with Crippen molar-refractivity contribution in [1.82, 2.24) is 9.55 Å². The lowest BCUT2D eigenvalue weighted by Gasteiger charge is -2.26. The number of amides is 1. The molecule has 0 spiro atoms. The highest BCUT2D eigenvalue weighted by molar-refractivity contribution is 5.98. The van der Waals surface area contributed by atoms with E-state index in [0.717, 1.165) is 29.8 Å². The molecule has 0 unspecified atom stereocenters. The first-order valence-corrected chi connectivity index (χ1v) is 9.52. The molecule has 6 heteroatoms. The van der Waals surface area contributed by atoms with Crippen molar-refractivity contribution in [3.8, 4) is 11.5 Å². The third-order valence-electron chi connectivity index (χ3n) is 4.70. The molecule has 1 heterocycles. The first kappa shape index (κ1) is 19.7. The Balaban J connectivity index is 1.81. The van der Waals surface area contributed by atoms with Gasteiger partial charge in [0.25, 0.3) is 5.91 Å². The van der Waals surface area contributed by atoms with Crippen LogP contribution in [0.3, 0.4) is 0 Å². The van der Waals surface area contributed by atoms with Gasteiger partial charge in [0.15, 0.2) is 17.1 Å². The number of hydrogen-bond acceptors (Lipinski definition) is 4. The summed E-state index contributed by atoms with van der Waals surface area (Å²) >= 11 is 0. The van der Waals surface area contributed by atoms with E-state index in [9.17, 15) is 4.79 Å². The SMILES string of the molecule is CCc1nc2cc(NC(=O)C(C)(C)Oc3ccccc3OC)ccc2n1CC. The summed E-state index contributed by atoms with van der Waals surface area (Å²) < 4.78 is 13.4. The predicted octanol–water partition coefficient (Wildman–Crippen LogP) is 4.42. The summed E-state index contributed by atoms with van der Waals surface area (Å²) in [4.78, 5) is 17.5. The Kier molecular flexibility index (Phi) is 5.58. The van der Waals surface area contributed by atoms with Crippen LogP contribution in [0.4, 0.5) is 5.69 Å². The van der Waals surface area contributed by atoms with Crippen LogP contribution in [0.25, 0.3) is 11.0 Å². The molecule has 0 radical (unpaired) electrons. The zero-order valence-electron chi connectivity index (χ0n) is 17.1. The van der Waals surface area contributed by atoms with Crippen LogP contribution < -0.4 is 14.8 Å². The van der Waals surface area contributed by atoms with Gasteiger partial charge in [-0.05, 0) is 51.1 Å². The van der Waals surface area contributed by atoms with E-state index in [1.807, 2.05) is 30.3 Å².